The number of aromatic nitrogens is 2. The number of unbranched alkanes of at least 4 members (excludes halogenated alkanes) is 4. The van der Waals surface area contributed by atoms with E-state index in [2.05, 4.69) is 20.6 Å². The van der Waals surface area contributed by atoms with E-state index in [-0.39, 0.29) is 41.2 Å². The van der Waals surface area contributed by atoms with Crippen molar-refractivity contribution in [2.45, 2.75) is 64.6 Å². The van der Waals surface area contributed by atoms with E-state index < -0.39 is 35.3 Å². The van der Waals surface area contributed by atoms with Gasteiger partial charge in [0.15, 0.2) is 0 Å². The third-order valence-electron chi connectivity index (χ3n) is 7.85. The molecule has 62 heavy (non-hydrogen) atoms. The first-order chi connectivity index (χ1) is 29.7. The number of primary amides is 2. The van der Waals surface area contributed by atoms with Gasteiger partial charge in [0.25, 0.3) is 5.91 Å². The van der Waals surface area contributed by atoms with Crippen LogP contribution in [0, 0.1) is 10.1 Å². The van der Waals surface area contributed by atoms with E-state index in [0.29, 0.717) is 56.9 Å². The molecule has 20 nitrogen and oxygen atoms in total. The molecule has 0 aliphatic heterocycles. The summed E-state index contributed by atoms with van der Waals surface area (Å²) in [5, 5.41) is 17.1. The minimum atomic E-state index is -2.95. The van der Waals surface area contributed by atoms with Crippen LogP contribution in [0.4, 0.5) is 23.0 Å². The van der Waals surface area contributed by atoms with E-state index >= 15 is 0 Å². The summed E-state index contributed by atoms with van der Waals surface area (Å²) in [4.78, 5) is 64.0. The zero-order chi connectivity index (χ0) is 46.3. The van der Waals surface area contributed by atoms with E-state index in [9.17, 15) is 29.3 Å². The fourth-order valence-corrected chi connectivity index (χ4v) is 4.80. The third-order valence-corrected chi connectivity index (χ3v) is 8.74. The molecule has 2 heterocycles. The van der Waals surface area contributed by atoms with Crippen LogP contribution in [0.2, 0.25) is 0 Å². The molecule has 0 aliphatic carbocycles. The van der Waals surface area contributed by atoms with Gasteiger partial charge in [0.05, 0.1) is 21.7 Å². The number of nitrogens with one attached hydrogen (secondary N) is 2. The van der Waals surface area contributed by atoms with Crippen molar-refractivity contribution in [3.8, 4) is 0 Å². The molecule has 2 amide bonds. The molecule has 4 rings (SSSR count). The molecule has 0 saturated carbocycles. The molecule has 0 fully saturated rings. The third kappa shape index (κ3) is 24.5. The summed E-state index contributed by atoms with van der Waals surface area (Å²) in [5.41, 5.74) is 18.4. The first-order valence-corrected chi connectivity index (χ1v) is 29.9. The normalized spacial score (nSPS) is 9.81. The average Bonchev–Trinajstić information content (AvgIpc) is 3.26. The number of rotatable bonds is 21. The van der Waals surface area contributed by atoms with Crippen LogP contribution in [0.15, 0.2) is 85.2 Å². The topological polar surface area (TPSA) is 326 Å². The van der Waals surface area contributed by atoms with Gasteiger partial charge < -0.3 is 37.3 Å². The van der Waals surface area contributed by atoms with Gasteiger partial charge in [-0.15, -0.1) is 0 Å². The number of nitro groups is 1. The van der Waals surface area contributed by atoms with Gasteiger partial charge >= 0.3 is 79.8 Å². The Kier molecular flexibility index (Phi) is 29.1. The van der Waals surface area contributed by atoms with Gasteiger partial charge in [-0.3, -0.25) is 29.3 Å². The molecule has 0 atom stereocenters. The van der Waals surface area contributed by atoms with E-state index in [1.54, 1.807) is 0 Å². The number of nitrogens with two attached hydrogens (primary N) is 3. The van der Waals surface area contributed by atoms with Gasteiger partial charge in [-0.2, -0.15) is 16.8 Å². The number of carbonyl (C=O) groups is 4. The number of hydrogen-bond acceptors (Lipinski definition) is 17. The SMILES string of the molecule is NC(=O)c1cnc(NCCCCCC(=O)OCc2ccccc2)c(N)c1.NC(=O)c1cnc(NCCCCCC(=O)OCc2ccccc2)c([N+](=O)[O-])c1.O=S(=O)=S(=O)=O.[Na][Na]. The van der Waals surface area contributed by atoms with Crippen molar-refractivity contribution >= 4 is 109 Å². The molecular weight excluding hydrogens is 871 g/mol. The summed E-state index contributed by atoms with van der Waals surface area (Å²) in [5.74, 6) is -1.17. The molecule has 2 aromatic carbocycles. The summed E-state index contributed by atoms with van der Waals surface area (Å²) in [6, 6.07) is 21.7. The number of hydrogen-bond donors (Lipinski definition) is 5. The number of benzene rings is 2. The number of nitrogen functional groups attached to an aromatic ring is 1. The fourth-order valence-electron chi connectivity index (χ4n) is 4.80. The predicted molar refractivity (Wildman–Crippen MR) is 232 cm³/mol. The Balaban J connectivity index is 0.000000530. The maximum absolute atomic E-state index is 11.7. The Bertz CT molecular complexity index is 2270. The molecule has 0 aliphatic rings. The average molecular weight is 917 g/mol. The van der Waals surface area contributed by atoms with Crippen LogP contribution in [0.1, 0.15) is 83.2 Å². The molecule has 8 N–H and O–H groups in total. The van der Waals surface area contributed by atoms with Gasteiger partial charge in [-0.05, 0) is 42.9 Å². The predicted octanol–water partition coefficient (Wildman–Crippen LogP) is 3.18. The zero-order valence-electron chi connectivity index (χ0n) is 34.4. The van der Waals surface area contributed by atoms with Crippen LogP contribution < -0.4 is 27.8 Å². The van der Waals surface area contributed by atoms with E-state index in [0.717, 1.165) is 42.9 Å². The second-order valence-corrected chi connectivity index (χ2v) is 14.9. The van der Waals surface area contributed by atoms with Crippen LogP contribution in [-0.4, -0.2) is 112 Å². The van der Waals surface area contributed by atoms with Crippen molar-refractivity contribution in [2.24, 2.45) is 11.5 Å². The standard InChI is InChI=1S/C19H22N4O5.C19H24N4O3.2Na.O4S2/c20-18(25)15-11-16(23(26)27)19(22-12-15)21-10-6-2-5-9-17(24)28-13-14-7-3-1-4-8-14;20-16-11-15(18(21)25)12-23-19(16)22-10-6-2-5-9-17(24)26-13-14-7-3-1-4-8-14;;;1-5(2)6(3)4/h1,3-4,7-8,11-12H,2,5-6,9-10,13H2,(H2,20,25)(H,21,22);1,3-4,7-8,11-12H,2,5-6,9-10,13,20H2,(H2,21,25)(H,22,23);;;. The van der Waals surface area contributed by atoms with Gasteiger partial charge in [-0.1, -0.05) is 73.5 Å². The van der Waals surface area contributed by atoms with Gasteiger partial charge in [0, 0.05) is 44.4 Å². The van der Waals surface area contributed by atoms with Crippen molar-refractivity contribution in [1.29, 1.82) is 0 Å². The van der Waals surface area contributed by atoms with Crippen LogP contribution in [0.25, 0.3) is 0 Å². The first-order valence-electron chi connectivity index (χ1n) is 19.2. The monoisotopic (exact) mass is 916 g/mol. The van der Waals surface area contributed by atoms with E-state index in [1.165, 1.54) is 62.1 Å². The maximum atomic E-state index is 11.7. The Morgan fingerprint density at radius 3 is 1.44 bits per heavy atom. The number of amides is 2. The molecule has 0 spiro atoms. The van der Waals surface area contributed by atoms with Gasteiger partial charge in [0.1, 0.15) is 19.0 Å². The van der Waals surface area contributed by atoms with E-state index in [1.807, 2.05) is 60.7 Å². The molecule has 4 aromatic rings. The number of pyridine rings is 2. The van der Waals surface area contributed by atoms with Crippen LogP contribution >= 0.6 is 0 Å². The quantitative estimate of drug-likeness (QED) is 0.0263. The second kappa shape index (κ2) is 32.7. The van der Waals surface area contributed by atoms with Gasteiger partial charge in [-0.25, -0.2) is 9.97 Å². The van der Waals surface area contributed by atoms with Crippen molar-refractivity contribution in [3.05, 3.63) is 118 Å². The number of anilines is 3. The summed E-state index contributed by atoms with van der Waals surface area (Å²) >= 11 is 2.89. The second-order valence-electron chi connectivity index (χ2n) is 12.4. The molecule has 0 unspecified atom stereocenters. The number of carbonyl (C=O) groups excluding carboxylic acids is 4. The summed E-state index contributed by atoms with van der Waals surface area (Å²) in [6.07, 6.45) is 7.92. The molecule has 0 radical (unpaired) electrons. The molecule has 324 valence electrons. The summed E-state index contributed by atoms with van der Waals surface area (Å²) < 4.78 is 46.8. The Morgan fingerprint density at radius 1 is 0.645 bits per heavy atom. The molecule has 0 saturated heterocycles. The summed E-state index contributed by atoms with van der Waals surface area (Å²) in [7, 11) is -5.90. The van der Waals surface area contributed by atoms with Gasteiger partial charge in [0.2, 0.25) is 11.7 Å². The van der Waals surface area contributed by atoms with Crippen molar-refractivity contribution in [2.75, 3.05) is 29.5 Å². The van der Waals surface area contributed by atoms with Crippen LogP contribution in [0.5, 0.6) is 0 Å². The van der Waals surface area contributed by atoms with Crippen molar-refractivity contribution in [1.82, 2.24) is 9.97 Å². The van der Waals surface area contributed by atoms with Crippen molar-refractivity contribution in [3.63, 3.8) is 0 Å². The first kappa shape index (κ1) is 55.1. The number of ether oxygens (including phenoxy) is 2. The summed E-state index contributed by atoms with van der Waals surface area (Å²) in [6.45, 7) is 1.69. The Morgan fingerprint density at radius 2 is 1.05 bits per heavy atom. The minimum absolute atomic E-state index is 0.0220. The Hall–Kier alpha value is -4.94. The zero-order valence-corrected chi connectivity index (χ0v) is 40.0. The molecule has 0 bridgehead atoms. The van der Waals surface area contributed by atoms with Crippen LogP contribution in [0.3, 0.4) is 0 Å². The Labute approximate surface area is 389 Å². The molecule has 2 aromatic heterocycles. The van der Waals surface area contributed by atoms with Crippen LogP contribution in [-0.2, 0) is 50.8 Å². The molecular formula is C38H46N8Na2O12S2. The molecule has 24 heteroatoms. The number of esters is 2. The number of nitrogens with zero attached hydrogens (tertiary/aromatic N) is 3. The fraction of sp³-hybridized carbons (Fsp3) is 0.316. The van der Waals surface area contributed by atoms with E-state index in [4.69, 9.17) is 43.5 Å². The van der Waals surface area contributed by atoms with Crippen molar-refractivity contribution < 1.29 is 50.4 Å².